The van der Waals surface area contributed by atoms with Crippen LogP contribution in [-0.4, -0.2) is 27.1 Å². The summed E-state index contributed by atoms with van der Waals surface area (Å²) in [6.07, 6.45) is 5.34. The normalized spacial score (nSPS) is 10.3. The molecule has 0 spiro atoms. The standard InChI is InChI=1S/C17H17N5O/c23-17(21-14-6-2-1-3-7-14)20-11-13-22-12-10-19-16(22)15-8-4-5-9-18-15/h1-10,12H,11,13H2,(H2,20,21,23). The molecule has 2 heterocycles. The predicted octanol–water partition coefficient (Wildman–Crippen LogP) is 2.77. The number of hydrogen-bond donors (Lipinski definition) is 2. The average molecular weight is 307 g/mol. The second-order valence-corrected chi connectivity index (χ2v) is 4.91. The summed E-state index contributed by atoms with van der Waals surface area (Å²) in [5.41, 5.74) is 1.58. The molecule has 0 bridgehead atoms. The van der Waals surface area contributed by atoms with Crippen LogP contribution in [0.15, 0.2) is 67.1 Å². The van der Waals surface area contributed by atoms with Crippen molar-refractivity contribution in [1.82, 2.24) is 19.9 Å². The summed E-state index contributed by atoms with van der Waals surface area (Å²) in [5, 5.41) is 5.61. The maximum atomic E-state index is 11.8. The van der Waals surface area contributed by atoms with E-state index >= 15 is 0 Å². The fraction of sp³-hybridized carbons (Fsp3) is 0.118. The van der Waals surface area contributed by atoms with Gasteiger partial charge in [-0.2, -0.15) is 0 Å². The summed E-state index contributed by atoms with van der Waals surface area (Å²) in [7, 11) is 0. The highest BCUT2D eigenvalue weighted by atomic mass is 16.2. The van der Waals surface area contributed by atoms with Gasteiger partial charge in [0, 0.05) is 37.4 Å². The predicted molar refractivity (Wildman–Crippen MR) is 88.9 cm³/mol. The number of rotatable bonds is 5. The lowest BCUT2D eigenvalue weighted by atomic mass is 10.3. The molecule has 6 heteroatoms. The van der Waals surface area contributed by atoms with E-state index in [2.05, 4.69) is 20.6 Å². The first kappa shape index (κ1) is 14.8. The van der Waals surface area contributed by atoms with E-state index in [1.54, 1.807) is 12.4 Å². The molecule has 116 valence electrons. The van der Waals surface area contributed by atoms with Crippen molar-refractivity contribution in [3.05, 3.63) is 67.1 Å². The summed E-state index contributed by atoms with van der Waals surface area (Å²) in [6, 6.07) is 14.8. The zero-order chi connectivity index (χ0) is 15.9. The highest BCUT2D eigenvalue weighted by Crippen LogP contribution is 2.13. The van der Waals surface area contributed by atoms with E-state index in [0.717, 1.165) is 17.2 Å². The quantitative estimate of drug-likeness (QED) is 0.761. The van der Waals surface area contributed by atoms with Crippen molar-refractivity contribution in [2.24, 2.45) is 0 Å². The minimum atomic E-state index is -0.226. The molecule has 23 heavy (non-hydrogen) atoms. The zero-order valence-corrected chi connectivity index (χ0v) is 12.5. The van der Waals surface area contributed by atoms with Crippen LogP contribution in [-0.2, 0) is 6.54 Å². The van der Waals surface area contributed by atoms with Gasteiger partial charge >= 0.3 is 6.03 Å². The van der Waals surface area contributed by atoms with Gasteiger partial charge in [-0.1, -0.05) is 24.3 Å². The van der Waals surface area contributed by atoms with Crippen molar-refractivity contribution in [1.29, 1.82) is 0 Å². The number of urea groups is 1. The summed E-state index contributed by atoms with van der Waals surface area (Å²) in [4.78, 5) is 20.5. The Kier molecular flexibility index (Phi) is 4.63. The van der Waals surface area contributed by atoms with Gasteiger partial charge in [0.25, 0.3) is 0 Å². The lowest BCUT2D eigenvalue weighted by Gasteiger charge is -2.10. The fourth-order valence-electron chi connectivity index (χ4n) is 2.20. The van der Waals surface area contributed by atoms with Gasteiger partial charge in [0.1, 0.15) is 5.69 Å². The van der Waals surface area contributed by atoms with Gasteiger partial charge in [-0.25, -0.2) is 9.78 Å². The number of nitrogens with one attached hydrogen (secondary N) is 2. The van der Waals surface area contributed by atoms with Crippen molar-refractivity contribution in [2.45, 2.75) is 6.54 Å². The summed E-state index contributed by atoms with van der Waals surface area (Å²) in [5.74, 6) is 0.788. The van der Waals surface area contributed by atoms with Gasteiger partial charge in [0.05, 0.1) is 0 Å². The number of imidazole rings is 1. The fourth-order valence-corrected chi connectivity index (χ4v) is 2.20. The molecule has 0 aliphatic carbocycles. The molecule has 0 aliphatic heterocycles. The molecule has 0 fully saturated rings. The Balaban J connectivity index is 1.54. The van der Waals surface area contributed by atoms with E-state index in [0.29, 0.717) is 13.1 Å². The van der Waals surface area contributed by atoms with E-state index in [4.69, 9.17) is 0 Å². The number of hydrogen-bond acceptors (Lipinski definition) is 3. The van der Waals surface area contributed by atoms with Gasteiger partial charge in [-0.3, -0.25) is 4.98 Å². The third kappa shape index (κ3) is 3.94. The van der Waals surface area contributed by atoms with Crippen LogP contribution in [0.5, 0.6) is 0 Å². The molecule has 3 rings (SSSR count). The number of aromatic nitrogens is 3. The van der Waals surface area contributed by atoms with Crippen molar-refractivity contribution in [3.8, 4) is 11.5 Å². The average Bonchev–Trinajstić information content (AvgIpc) is 3.05. The van der Waals surface area contributed by atoms with E-state index in [1.807, 2.05) is 59.3 Å². The van der Waals surface area contributed by atoms with Crippen LogP contribution in [0, 0.1) is 0 Å². The van der Waals surface area contributed by atoms with Crippen LogP contribution in [0.4, 0.5) is 10.5 Å². The first-order valence-corrected chi connectivity index (χ1v) is 7.35. The van der Waals surface area contributed by atoms with Crippen molar-refractivity contribution >= 4 is 11.7 Å². The number of anilines is 1. The molecule has 6 nitrogen and oxygen atoms in total. The van der Waals surface area contributed by atoms with Gasteiger partial charge in [0.2, 0.25) is 0 Å². The molecule has 2 aromatic heterocycles. The SMILES string of the molecule is O=C(NCCn1ccnc1-c1ccccn1)Nc1ccccc1. The summed E-state index contributed by atoms with van der Waals surface area (Å²) >= 11 is 0. The van der Waals surface area contributed by atoms with Gasteiger partial charge < -0.3 is 15.2 Å². The lowest BCUT2D eigenvalue weighted by molar-refractivity contribution is 0.251. The maximum absolute atomic E-state index is 11.8. The van der Waals surface area contributed by atoms with Crippen LogP contribution in [0.1, 0.15) is 0 Å². The summed E-state index contributed by atoms with van der Waals surface area (Å²) < 4.78 is 1.96. The Morgan fingerprint density at radius 1 is 1.00 bits per heavy atom. The highest BCUT2D eigenvalue weighted by Gasteiger charge is 2.07. The first-order valence-electron chi connectivity index (χ1n) is 7.35. The van der Waals surface area contributed by atoms with Gasteiger partial charge in [0.15, 0.2) is 5.82 Å². The molecule has 0 radical (unpaired) electrons. The summed E-state index contributed by atoms with van der Waals surface area (Å²) in [6.45, 7) is 1.11. The van der Waals surface area contributed by atoms with Crippen LogP contribution in [0.3, 0.4) is 0 Å². The molecule has 3 aromatic rings. The second kappa shape index (κ2) is 7.22. The van der Waals surface area contributed by atoms with E-state index in [9.17, 15) is 4.79 Å². The van der Waals surface area contributed by atoms with Crippen LogP contribution in [0.25, 0.3) is 11.5 Å². The number of benzene rings is 1. The van der Waals surface area contributed by atoms with Gasteiger partial charge in [-0.15, -0.1) is 0 Å². The second-order valence-electron chi connectivity index (χ2n) is 4.91. The van der Waals surface area contributed by atoms with Crippen molar-refractivity contribution in [3.63, 3.8) is 0 Å². The molecule has 0 aliphatic rings. The van der Waals surface area contributed by atoms with E-state index in [-0.39, 0.29) is 6.03 Å². The zero-order valence-electron chi connectivity index (χ0n) is 12.5. The van der Waals surface area contributed by atoms with Crippen LogP contribution in [0.2, 0.25) is 0 Å². The Morgan fingerprint density at radius 3 is 2.61 bits per heavy atom. The topological polar surface area (TPSA) is 71.8 Å². The minimum absolute atomic E-state index is 0.226. The number of carbonyl (C=O) groups is 1. The highest BCUT2D eigenvalue weighted by molar-refractivity contribution is 5.89. The van der Waals surface area contributed by atoms with Crippen molar-refractivity contribution in [2.75, 3.05) is 11.9 Å². The van der Waals surface area contributed by atoms with Gasteiger partial charge in [-0.05, 0) is 24.3 Å². The molecule has 2 amide bonds. The third-order valence-electron chi connectivity index (χ3n) is 3.28. The number of pyridine rings is 1. The number of nitrogens with zero attached hydrogens (tertiary/aromatic N) is 3. The molecule has 0 unspecified atom stereocenters. The first-order chi connectivity index (χ1) is 11.3. The minimum Gasteiger partial charge on any atom is -0.336 e. The van der Waals surface area contributed by atoms with Crippen LogP contribution < -0.4 is 10.6 Å². The molecule has 2 N–H and O–H groups in total. The number of amides is 2. The van der Waals surface area contributed by atoms with Crippen LogP contribution >= 0.6 is 0 Å². The largest absolute Gasteiger partial charge is 0.336 e. The Bertz CT molecular complexity index is 755. The Hall–Kier alpha value is -3.15. The molecule has 0 atom stereocenters. The van der Waals surface area contributed by atoms with E-state index in [1.165, 1.54) is 0 Å². The third-order valence-corrected chi connectivity index (χ3v) is 3.28. The Morgan fingerprint density at radius 2 is 1.83 bits per heavy atom. The molecule has 0 saturated heterocycles. The smallest absolute Gasteiger partial charge is 0.319 e. The molecular formula is C17H17N5O. The monoisotopic (exact) mass is 307 g/mol. The van der Waals surface area contributed by atoms with Crippen molar-refractivity contribution < 1.29 is 4.79 Å². The Labute approximate surface area is 134 Å². The number of carbonyl (C=O) groups excluding carboxylic acids is 1. The molecular weight excluding hydrogens is 290 g/mol. The van der Waals surface area contributed by atoms with E-state index < -0.39 is 0 Å². The molecule has 0 saturated carbocycles. The molecule has 1 aromatic carbocycles. The lowest BCUT2D eigenvalue weighted by Crippen LogP contribution is -2.31. The number of para-hydroxylation sites is 1. The maximum Gasteiger partial charge on any atom is 0.319 e.